The van der Waals surface area contributed by atoms with Crippen LogP contribution in [0.2, 0.25) is 0 Å². The number of hydrogen-bond acceptors (Lipinski definition) is 3. The third-order valence-electron chi connectivity index (χ3n) is 4.30. The molecule has 0 aromatic heterocycles. The molecule has 1 saturated carbocycles. The Bertz CT molecular complexity index is 536. The Morgan fingerprint density at radius 2 is 2.05 bits per heavy atom. The summed E-state index contributed by atoms with van der Waals surface area (Å²) < 4.78 is 25.6. The first-order chi connectivity index (χ1) is 9.50. The van der Waals surface area contributed by atoms with Gasteiger partial charge in [0.25, 0.3) is 0 Å². The summed E-state index contributed by atoms with van der Waals surface area (Å²) in [6.07, 6.45) is 1.58. The van der Waals surface area contributed by atoms with Crippen LogP contribution in [0.5, 0.6) is 5.75 Å². The molecule has 0 unspecified atom stereocenters. The Kier molecular flexibility index (Phi) is 3.19. The van der Waals surface area contributed by atoms with E-state index in [1.165, 1.54) is 0 Å². The zero-order valence-corrected chi connectivity index (χ0v) is 12.1. The van der Waals surface area contributed by atoms with Gasteiger partial charge in [-0.1, -0.05) is 12.1 Å². The van der Waals surface area contributed by atoms with Gasteiger partial charge in [-0.25, -0.2) is 9.38 Å². The second kappa shape index (κ2) is 4.76. The number of nitrogens with zero attached hydrogens (tertiary/aromatic N) is 1. The third-order valence-corrected chi connectivity index (χ3v) is 4.30. The Morgan fingerprint density at radius 3 is 2.75 bits per heavy atom. The van der Waals surface area contributed by atoms with Gasteiger partial charge in [0.05, 0.1) is 18.7 Å². The monoisotopic (exact) mass is 277 g/mol. The molecule has 1 aromatic carbocycles. The van der Waals surface area contributed by atoms with Gasteiger partial charge in [0.1, 0.15) is 17.5 Å². The first-order valence-electron chi connectivity index (χ1n) is 7.07. The quantitative estimate of drug-likeness (QED) is 0.848. The standard InChI is InChI=1S/C16H20FNO2/c1-16(2,17)11-8-9-12-14(11)20-15(18-12)10-6-4-5-7-13(10)19-3/h4-7,11-12,14H,8-9H2,1-3H3/t11-,12-,14+/m0/s1. The molecule has 4 heteroatoms. The molecule has 0 N–H and O–H groups in total. The molecule has 1 aromatic rings. The van der Waals surface area contributed by atoms with E-state index in [0.29, 0.717) is 5.90 Å². The molecule has 3 atom stereocenters. The van der Waals surface area contributed by atoms with Crippen LogP contribution in [0.3, 0.4) is 0 Å². The molecule has 0 saturated heterocycles. The SMILES string of the molecule is COc1ccccc1C1=N[C@H]2CC[C@H](C(C)(C)F)[C@H]2O1. The van der Waals surface area contributed by atoms with Crippen molar-refractivity contribution in [2.24, 2.45) is 10.9 Å². The van der Waals surface area contributed by atoms with Gasteiger partial charge in [-0.2, -0.15) is 0 Å². The molecule has 0 bridgehead atoms. The average molecular weight is 277 g/mol. The molecule has 1 heterocycles. The van der Waals surface area contributed by atoms with E-state index in [9.17, 15) is 4.39 Å². The van der Waals surface area contributed by atoms with Crippen molar-refractivity contribution in [2.45, 2.75) is 44.5 Å². The van der Waals surface area contributed by atoms with Crippen molar-refractivity contribution in [3.05, 3.63) is 29.8 Å². The van der Waals surface area contributed by atoms with Crippen LogP contribution in [0.25, 0.3) is 0 Å². The van der Waals surface area contributed by atoms with Crippen molar-refractivity contribution in [2.75, 3.05) is 7.11 Å². The normalized spacial score (nSPS) is 28.8. The largest absolute Gasteiger partial charge is 0.496 e. The van der Waals surface area contributed by atoms with Crippen LogP contribution in [0, 0.1) is 5.92 Å². The highest BCUT2D eigenvalue weighted by molar-refractivity contribution is 5.98. The number of halogens is 1. The minimum atomic E-state index is -1.23. The van der Waals surface area contributed by atoms with Crippen LogP contribution in [-0.2, 0) is 4.74 Å². The minimum absolute atomic E-state index is 0.0786. The van der Waals surface area contributed by atoms with Crippen molar-refractivity contribution in [1.82, 2.24) is 0 Å². The van der Waals surface area contributed by atoms with Crippen molar-refractivity contribution < 1.29 is 13.9 Å². The van der Waals surface area contributed by atoms with E-state index in [1.54, 1.807) is 21.0 Å². The fraction of sp³-hybridized carbons (Fsp3) is 0.562. The molecule has 0 amide bonds. The smallest absolute Gasteiger partial charge is 0.220 e. The van der Waals surface area contributed by atoms with Crippen molar-refractivity contribution in [3.63, 3.8) is 0 Å². The number of fused-ring (bicyclic) bond motifs is 1. The minimum Gasteiger partial charge on any atom is -0.496 e. The molecular weight excluding hydrogens is 257 g/mol. The Balaban J connectivity index is 1.86. The van der Waals surface area contributed by atoms with Crippen molar-refractivity contribution >= 4 is 5.90 Å². The van der Waals surface area contributed by atoms with E-state index < -0.39 is 5.67 Å². The molecule has 3 nitrogen and oxygen atoms in total. The second-order valence-electron chi connectivity index (χ2n) is 6.03. The predicted molar refractivity (Wildman–Crippen MR) is 76.1 cm³/mol. The van der Waals surface area contributed by atoms with Gasteiger partial charge in [-0.05, 0) is 38.8 Å². The van der Waals surface area contributed by atoms with Crippen LogP contribution in [0.15, 0.2) is 29.3 Å². The highest BCUT2D eigenvalue weighted by Crippen LogP contribution is 2.43. The lowest BCUT2D eigenvalue weighted by Gasteiger charge is -2.27. The first-order valence-corrected chi connectivity index (χ1v) is 7.07. The van der Waals surface area contributed by atoms with E-state index in [4.69, 9.17) is 9.47 Å². The van der Waals surface area contributed by atoms with Gasteiger partial charge in [-0.3, -0.25) is 0 Å². The zero-order chi connectivity index (χ0) is 14.3. The van der Waals surface area contributed by atoms with Gasteiger partial charge < -0.3 is 9.47 Å². The summed E-state index contributed by atoms with van der Waals surface area (Å²) in [5.41, 5.74) is -0.384. The molecule has 108 valence electrons. The van der Waals surface area contributed by atoms with Crippen LogP contribution >= 0.6 is 0 Å². The van der Waals surface area contributed by atoms with Gasteiger partial charge in [-0.15, -0.1) is 0 Å². The van der Waals surface area contributed by atoms with Crippen molar-refractivity contribution in [3.8, 4) is 5.75 Å². The summed E-state index contributed by atoms with van der Waals surface area (Å²) in [6.45, 7) is 3.26. The summed E-state index contributed by atoms with van der Waals surface area (Å²) >= 11 is 0. The van der Waals surface area contributed by atoms with Gasteiger partial charge in [0, 0.05) is 5.92 Å². The van der Waals surface area contributed by atoms with E-state index in [0.717, 1.165) is 24.2 Å². The Morgan fingerprint density at radius 1 is 1.30 bits per heavy atom. The zero-order valence-electron chi connectivity index (χ0n) is 12.1. The molecule has 0 spiro atoms. The fourth-order valence-corrected chi connectivity index (χ4v) is 3.24. The lowest BCUT2D eigenvalue weighted by atomic mass is 9.89. The fourth-order valence-electron chi connectivity index (χ4n) is 3.24. The summed E-state index contributed by atoms with van der Waals surface area (Å²) in [5, 5.41) is 0. The van der Waals surface area contributed by atoms with E-state index in [-0.39, 0.29) is 18.1 Å². The van der Waals surface area contributed by atoms with Crippen LogP contribution in [0.1, 0.15) is 32.3 Å². The summed E-state index contributed by atoms with van der Waals surface area (Å²) in [5.74, 6) is 1.23. The number of hydrogen-bond donors (Lipinski definition) is 0. The first kappa shape index (κ1) is 13.4. The van der Waals surface area contributed by atoms with Crippen molar-refractivity contribution in [1.29, 1.82) is 0 Å². The highest BCUT2D eigenvalue weighted by Gasteiger charge is 2.49. The maximum Gasteiger partial charge on any atom is 0.220 e. The number of ether oxygens (including phenoxy) is 2. The van der Waals surface area contributed by atoms with Crippen LogP contribution in [0.4, 0.5) is 4.39 Å². The van der Waals surface area contributed by atoms with E-state index >= 15 is 0 Å². The topological polar surface area (TPSA) is 30.8 Å². The van der Waals surface area contributed by atoms with E-state index in [2.05, 4.69) is 4.99 Å². The lowest BCUT2D eigenvalue weighted by molar-refractivity contribution is 0.0435. The molecule has 2 aliphatic rings. The number of rotatable bonds is 3. The third kappa shape index (κ3) is 2.17. The Hall–Kier alpha value is -1.58. The van der Waals surface area contributed by atoms with Gasteiger partial charge in [0.15, 0.2) is 0 Å². The number of para-hydroxylation sites is 1. The Labute approximate surface area is 118 Å². The number of benzene rings is 1. The number of methoxy groups -OCH3 is 1. The highest BCUT2D eigenvalue weighted by atomic mass is 19.1. The van der Waals surface area contributed by atoms with Crippen LogP contribution < -0.4 is 4.74 Å². The molecular formula is C16H20FNO2. The summed E-state index contributed by atoms with van der Waals surface area (Å²) in [4.78, 5) is 4.64. The number of aliphatic imine (C=N–C) groups is 1. The predicted octanol–water partition coefficient (Wildman–Crippen LogP) is 3.37. The maximum atomic E-state index is 14.3. The molecule has 0 radical (unpaired) electrons. The summed E-state index contributed by atoms with van der Waals surface area (Å²) in [6, 6.07) is 7.72. The maximum absolute atomic E-state index is 14.3. The second-order valence-corrected chi connectivity index (χ2v) is 6.03. The summed E-state index contributed by atoms with van der Waals surface area (Å²) in [7, 11) is 1.63. The molecule has 20 heavy (non-hydrogen) atoms. The lowest BCUT2D eigenvalue weighted by Crippen LogP contribution is -2.36. The molecule has 1 aliphatic heterocycles. The average Bonchev–Trinajstić information content (AvgIpc) is 2.96. The van der Waals surface area contributed by atoms with E-state index in [1.807, 2.05) is 24.3 Å². The molecule has 1 aliphatic carbocycles. The van der Waals surface area contributed by atoms with Gasteiger partial charge >= 0.3 is 0 Å². The number of alkyl halides is 1. The van der Waals surface area contributed by atoms with Gasteiger partial charge in [0.2, 0.25) is 5.90 Å². The molecule has 1 fully saturated rings. The van der Waals surface area contributed by atoms with Crippen LogP contribution in [-0.4, -0.2) is 30.8 Å². The molecule has 3 rings (SSSR count).